The van der Waals surface area contributed by atoms with Gasteiger partial charge in [-0.1, -0.05) is 0 Å². The number of hydrogen-bond acceptors (Lipinski definition) is 5. The SMILES string of the molecule is Cc1nnc(C2CC[C@@H]3CN2C(=O)N3O)o1. The average molecular weight is 224 g/mol. The van der Waals surface area contributed by atoms with Crippen molar-refractivity contribution in [3.8, 4) is 0 Å². The molecule has 1 N–H and O–H groups in total. The molecule has 2 aliphatic heterocycles. The Labute approximate surface area is 91.6 Å². The van der Waals surface area contributed by atoms with Crippen LogP contribution in [0, 0.1) is 6.92 Å². The van der Waals surface area contributed by atoms with Gasteiger partial charge in [0.05, 0.1) is 6.04 Å². The van der Waals surface area contributed by atoms with E-state index in [1.165, 1.54) is 0 Å². The van der Waals surface area contributed by atoms with Crippen LogP contribution in [-0.2, 0) is 0 Å². The molecule has 1 unspecified atom stereocenters. The second kappa shape index (κ2) is 3.18. The Balaban J connectivity index is 1.90. The summed E-state index contributed by atoms with van der Waals surface area (Å²) in [6, 6.07) is -0.654. The molecule has 2 bridgehead atoms. The normalized spacial score (nSPS) is 29.0. The van der Waals surface area contributed by atoms with E-state index in [-0.39, 0.29) is 18.1 Å². The number of hydrogen-bond donors (Lipinski definition) is 1. The highest BCUT2D eigenvalue weighted by Gasteiger charge is 2.46. The minimum atomic E-state index is -0.372. The van der Waals surface area contributed by atoms with E-state index >= 15 is 0 Å². The van der Waals surface area contributed by atoms with E-state index in [4.69, 9.17) is 4.42 Å². The first-order valence-electron chi connectivity index (χ1n) is 5.25. The van der Waals surface area contributed by atoms with Crippen LogP contribution in [0.5, 0.6) is 0 Å². The first-order valence-corrected chi connectivity index (χ1v) is 5.25. The van der Waals surface area contributed by atoms with Crippen molar-refractivity contribution in [1.82, 2.24) is 20.2 Å². The third-order valence-corrected chi connectivity index (χ3v) is 3.17. The maximum absolute atomic E-state index is 11.7. The lowest BCUT2D eigenvalue weighted by molar-refractivity contribution is -0.0584. The van der Waals surface area contributed by atoms with Gasteiger partial charge >= 0.3 is 6.03 Å². The summed E-state index contributed by atoms with van der Waals surface area (Å²) in [5.41, 5.74) is 0. The van der Waals surface area contributed by atoms with Gasteiger partial charge in [0.25, 0.3) is 0 Å². The molecule has 0 aliphatic carbocycles. The monoisotopic (exact) mass is 224 g/mol. The zero-order valence-electron chi connectivity index (χ0n) is 8.83. The Morgan fingerprint density at radius 3 is 2.94 bits per heavy atom. The zero-order valence-corrected chi connectivity index (χ0v) is 8.83. The number of carbonyl (C=O) groups excluding carboxylic acids is 1. The maximum atomic E-state index is 11.7. The Morgan fingerprint density at radius 1 is 1.44 bits per heavy atom. The van der Waals surface area contributed by atoms with Gasteiger partial charge in [0, 0.05) is 13.5 Å². The van der Waals surface area contributed by atoms with Gasteiger partial charge in [-0.05, 0) is 12.8 Å². The van der Waals surface area contributed by atoms with Crippen LogP contribution in [0.15, 0.2) is 4.42 Å². The van der Waals surface area contributed by atoms with Crippen molar-refractivity contribution in [2.75, 3.05) is 6.54 Å². The number of carbonyl (C=O) groups is 1. The van der Waals surface area contributed by atoms with E-state index < -0.39 is 0 Å². The summed E-state index contributed by atoms with van der Waals surface area (Å²) in [6.07, 6.45) is 1.50. The highest BCUT2D eigenvalue weighted by molar-refractivity contribution is 5.76. The molecular formula is C9H12N4O3. The molecule has 0 aromatic carbocycles. The Kier molecular flexibility index (Phi) is 1.90. The second-order valence-electron chi connectivity index (χ2n) is 4.19. The maximum Gasteiger partial charge on any atom is 0.344 e. The van der Waals surface area contributed by atoms with Gasteiger partial charge in [0.1, 0.15) is 6.04 Å². The summed E-state index contributed by atoms with van der Waals surface area (Å²) in [5.74, 6) is 0.948. The van der Waals surface area contributed by atoms with Crippen molar-refractivity contribution in [2.24, 2.45) is 0 Å². The topological polar surface area (TPSA) is 82.7 Å². The van der Waals surface area contributed by atoms with Crippen LogP contribution < -0.4 is 0 Å². The van der Waals surface area contributed by atoms with Gasteiger partial charge in [-0.2, -0.15) is 0 Å². The van der Waals surface area contributed by atoms with Crippen molar-refractivity contribution >= 4 is 6.03 Å². The fourth-order valence-corrected chi connectivity index (χ4v) is 2.35. The zero-order chi connectivity index (χ0) is 11.3. The Hall–Kier alpha value is -1.63. The highest BCUT2D eigenvalue weighted by Crippen LogP contribution is 2.36. The fourth-order valence-electron chi connectivity index (χ4n) is 2.35. The van der Waals surface area contributed by atoms with E-state index in [0.717, 1.165) is 17.9 Å². The summed E-state index contributed by atoms with van der Waals surface area (Å²) < 4.78 is 5.34. The third kappa shape index (κ3) is 1.21. The summed E-state index contributed by atoms with van der Waals surface area (Å²) in [7, 11) is 0. The Bertz CT molecular complexity index is 432. The molecule has 2 saturated heterocycles. The van der Waals surface area contributed by atoms with Crippen molar-refractivity contribution < 1.29 is 14.4 Å². The fraction of sp³-hybridized carbons (Fsp3) is 0.667. The first-order chi connectivity index (χ1) is 7.66. The van der Waals surface area contributed by atoms with Crippen LogP contribution >= 0.6 is 0 Å². The van der Waals surface area contributed by atoms with Crippen LogP contribution in [0.3, 0.4) is 0 Å². The molecule has 16 heavy (non-hydrogen) atoms. The number of amides is 2. The molecule has 7 nitrogen and oxygen atoms in total. The molecule has 3 rings (SSSR count). The van der Waals surface area contributed by atoms with Crippen molar-refractivity contribution in [1.29, 1.82) is 0 Å². The lowest BCUT2D eigenvalue weighted by Gasteiger charge is -2.27. The van der Waals surface area contributed by atoms with Gasteiger partial charge in [0.15, 0.2) is 0 Å². The molecular weight excluding hydrogens is 212 g/mol. The van der Waals surface area contributed by atoms with Crippen LogP contribution in [0.25, 0.3) is 0 Å². The smallest absolute Gasteiger partial charge is 0.344 e. The molecule has 2 fully saturated rings. The summed E-state index contributed by atoms with van der Waals surface area (Å²) in [5, 5.41) is 18.0. The number of fused-ring (bicyclic) bond motifs is 2. The lowest BCUT2D eigenvalue weighted by atomic mass is 10.0. The van der Waals surface area contributed by atoms with Crippen molar-refractivity contribution in [2.45, 2.75) is 31.8 Å². The van der Waals surface area contributed by atoms with E-state index in [0.29, 0.717) is 18.3 Å². The van der Waals surface area contributed by atoms with E-state index in [9.17, 15) is 10.0 Å². The summed E-state index contributed by atoms with van der Waals surface area (Å²) in [6.45, 7) is 2.24. The molecule has 2 aliphatic rings. The number of aryl methyl sites for hydroxylation is 1. The number of rotatable bonds is 1. The number of aromatic nitrogens is 2. The molecule has 86 valence electrons. The van der Waals surface area contributed by atoms with Gasteiger partial charge in [0.2, 0.25) is 11.8 Å². The molecule has 2 amide bonds. The van der Waals surface area contributed by atoms with Crippen LogP contribution in [0.2, 0.25) is 0 Å². The first kappa shape index (κ1) is 9.59. The van der Waals surface area contributed by atoms with E-state index in [1.807, 2.05) is 0 Å². The van der Waals surface area contributed by atoms with Gasteiger partial charge in [-0.25, -0.2) is 9.86 Å². The number of piperidine rings is 1. The predicted octanol–water partition coefficient (Wildman–Crippen LogP) is 0.708. The van der Waals surface area contributed by atoms with Gasteiger partial charge in [-0.3, -0.25) is 5.21 Å². The summed E-state index contributed by atoms with van der Waals surface area (Å²) in [4.78, 5) is 13.3. The minimum absolute atomic E-state index is 0.0900. The van der Waals surface area contributed by atoms with Crippen molar-refractivity contribution in [3.05, 3.63) is 11.8 Å². The summed E-state index contributed by atoms with van der Waals surface area (Å²) >= 11 is 0. The molecule has 0 spiro atoms. The molecule has 7 heteroatoms. The highest BCUT2D eigenvalue weighted by atomic mass is 16.5. The molecule has 1 aromatic rings. The third-order valence-electron chi connectivity index (χ3n) is 3.17. The molecule has 1 aromatic heterocycles. The van der Waals surface area contributed by atoms with Gasteiger partial charge < -0.3 is 9.32 Å². The number of hydroxylamine groups is 2. The molecule has 2 atom stereocenters. The predicted molar refractivity (Wildman–Crippen MR) is 50.5 cm³/mol. The van der Waals surface area contributed by atoms with Crippen LogP contribution in [-0.4, -0.2) is 44.0 Å². The number of urea groups is 1. The largest absolute Gasteiger partial charge is 0.423 e. The van der Waals surface area contributed by atoms with Crippen LogP contribution in [0.1, 0.15) is 30.7 Å². The lowest BCUT2D eigenvalue weighted by Crippen LogP contribution is -2.34. The minimum Gasteiger partial charge on any atom is -0.423 e. The molecule has 0 saturated carbocycles. The molecule has 0 radical (unpaired) electrons. The second-order valence-corrected chi connectivity index (χ2v) is 4.19. The quantitative estimate of drug-likeness (QED) is 0.710. The number of nitrogens with zero attached hydrogens (tertiary/aromatic N) is 4. The standard InChI is InChI=1S/C9H12N4O3/c1-5-10-11-8(16-5)7-3-2-6-4-12(7)9(14)13(6)15/h6-7,15H,2-4H2,1H3/t6-,7?/m1/s1. The van der Waals surface area contributed by atoms with Crippen LogP contribution in [0.4, 0.5) is 4.79 Å². The van der Waals surface area contributed by atoms with Gasteiger partial charge in [-0.15, -0.1) is 10.2 Å². The van der Waals surface area contributed by atoms with E-state index in [2.05, 4.69) is 10.2 Å². The molecule has 3 heterocycles. The Morgan fingerprint density at radius 2 is 2.25 bits per heavy atom. The average Bonchev–Trinajstić information content (AvgIpc) is 2.80. The van der Waals surface area contributed by atoms with E-state index in [1.54, 1.807) is 11.8 Å². The van der Waals surface area contributed by atoms with Crippen molar-refractivity contribution in [3.63, 3.8) is 0 Å².